The summed E-state index contributed by atoms with van der Waals surface area (Å²) in [6.45, 7) is 3.66. The van der Waals surface area contributed by atoms with Gasteiger partial charge in [-0.15, -0.1) is 0 Å². The van der Waals surface area contributed by atoms with Gasteiger partial charge in [-0.1, -0.05) is 0 Å². The molecule has 0 amide bonds. The van der Waals surface area contributed by atoms with Gasteiger partial charge in [0.2, 0.25) is 0 Å². The number of nitrogens with one attached hydrogen (secondary N) is 1. The molecule has 1 aliphatic heterocycles. The van der Waals surface area contributed by atoms with Crippen LogP contribution >= 0.6 is 0 Å². The maximum Gasteiger partial charge on any atom is 0.139 e. The molecule has 19 heavy (non-hydrogen) atoms. The SMILES string of the molecule is c1cnc2c(c1)ccn2CC1CCC2(CC1)CNC2. The monoisotopic (exact) mass is 255 g/mol. The fourth-order valence-electron chi connectivity index (χ4n) is 3.75. The van der Waals surface area contributed by atoms with Crippen LogP contribution in [0.2, 0.25) is 0 Å². The maximum atomic E-state index is 4.52. The van der Waals surface area contributed by atoms with Gasteiger partial charge in [0, 0.05) is 37.4 Å². The zero-order chi connectivity index (χ0) is 12.7. The van der Waals surface area contributed by atoms with Crippen LogP contribution in [0.15, 0.2) is 30.6 Å². The van der Waals surface area contributed by atoms with E-state index in [1.54, 1.807) is 0 Å². The van der Waals surface area contributed by atoms with E-state index in [-0.39, 0.29) is 0 Å². The van der Waals surface area contributed by atoms with Crippen molar-refractivity contribution in [2.24, 2.45) is 11.3 Å². The Morgan fingerprint density at radius 2 is 2.11 bits per heavy atom. The van der Waals surface area contributed by atoms with Crippen LogP contribution in [0.4, 0.5) is 0 Å². The molecule has 3 nitrogen and oxygen atoms in total. The number of pyridine rings is 1. The zero-order valence-corrected chi connectivity index (χ0v) is 11.3. The number of fused-ring (bicyclic) bond motifs is 1. The van der Waals surface area contributed by atoms with Crippen LogP contribution in [-0.4, -0.2) is 22.6 Å². The summed E-state index contributed by atoms with van der Waals surface area (Å²) in [5.41, 5.74) is 1.82. The van der Waals surface area contributed by atoms with Crippen LogP contribution < -0.4 is 5.32 Å². The minimum atomic E-state index is 0.674. The maximum absolute atomic E-state index is 4.52. The molecule has 1 saturated carbocycles. The molecule has 0 radical (unpaired) electrons. The molecular weight excluding hydrogens is 234 g/mol. The normalized spacial score (nSPS) is 22.7. The molecule has 3 heterocycles. The second-order valence-electron chi connectivity index (χ2n) is 6.43. The van der Waals surface area contributed by atoms with E-state index in [1.165, 1.54) is 44.2 Å². The van der Waals surface area contributed by atoms with E-state index in [9.17, 15) is 0 Å². The Labute approximate surface area is 114 Å². The fourth-order valence-corrected chi connectivity index (χ4v) is 3.75. The molecule has 2 aliphatic rings. The first-order valence-electron chi connectivity index (χ1n) is 7.45. The highest BCUT2D eigenvalue weighted by Crippen LogP contribution is 2.42. The molecule has 1 N–H and O–H groups in total. The van der Waals surface area contributed by atoms with Crippen molar-refractivity contribution in [3.05, 3.63) is 30.6 Å². The molecule has 1 spiro atoms. The Morgan fingerprint density at radius 3 is 2.84 bits per heavy atom. The topological polar surface area (TPSA) is 29.9 Å². The number of aromatic nitrogens is 2. The molecule has 2 fully saturated rings. The van der Waals surface area contributed by atoms with Crippen molar-refractivity contribution in [1.29, 1.82) is 0 Å². The van der Waals surface area contributed by atoms with Crippen molar-refractivity contribution in [3.63, 3.8) is 0 Å². The summed E-state index contributed by atoms with van der Waals surface area (Å²) in [5.74, 6) is 0.837. The van der Waals surface area contributed by atoms with E-state index < -0.39 is 0 Å². The molecule has 1 aliphatic carbocycles. The number of hydrogen-bond donors (Lipinski definition) is 1. The first-order chi connectivity index (χ1) is 9.35. The molecule has 0 aromatic carbocycles. The van der Waals surface area contributed by atoms with E-state index in [0.29, 0.717) is 5.41 Å². The van der Waals surface area contributed by atoms with Crippen LogP contribution in [0.5, 0.6) is 0 Å². The largest absolute Gasteiger partial charge is 0.332 e. The van der Waals surface area contributed by atoms with Gasteiger partial charge in [-0.25, -0.2) is 4.98 Å². The van der Waals surface area contributed by atoms with Crippen molar-refractivity contribution >= 4 is 11.0 Å². The summed E-state index contributed by atoms with van der Waals surface area (Å²) in [7, 11) is 0. The van der Waals surface area contributed by atoms with E-state index in [4.69, 9.17) is 0 Å². The number of hydrogen-bond acceptors (Lipinski definition) is 2. The quantitative estimate of drug-likeness (QED) is 0.894. The van der Waals surface area contributed by atoms with Gasteiger partial charge in [-0.2, -0.15) is 0 Å². The first kappa shape index (κ1) is 11.5. The van der Waals surface area contributed by atoms with Crippen LogP contribution in [0.1, 0.15) is 25.7 Å². The molecule has 2 aromatic heterocycles. The third-order valence-electron chi connectivity index (χ3n) is 5.14. The second kappa shape index (κ2) is 4.34. The van der Waals surface area contributed by atoms with Crippen molar-refractivity contribution in [1.82, 2.24) is 14.9 Å². The van der Waals surface area contributed by atoms with Gasteiger partial charge >= 0.3 is 0 Å². The summed E-state index contributed by atoms with van der Waals surface area (Å²) in [6, 6.07) is 6.35. The van der Waals surface area contributed by atoms with Gasteiger partial charge in [-0.3, -0.25) is 0 Å². The first-order valence-corrected chi connectivity index (χ1v) is 7.45. The summed E-state index contributed by atoms with van der Waals surface area (Å²) >= 11 is 0. The molecule has 3 heteroatoms. The van der Waals surface area contributed by atoms with Crippen molar-refractivity contribution in [2.75, 3.05) is 13.1 Å². The Kier molecular flexibility index (Phi) is 2.62. The van der Waals surface area contributed by atoms with Gasteiger partial charge in [0.1, 0.15) is 5.65 Å². The zero-order valence-electron chi connectivity index (χ0n) is 11.3. The Morgan fingerprint density at radius 1 is 1.26 bits per heavy atom. The summed E-state index contributed by atoms with van der Waals surface area (Å²) in [6.07, 6.45) is 9.69. The standard InChI is InChI=1S/C16H21N3/c1-2-14-5-9-19(15(14)18-8-1)10-13-3-6-16(7-4-13)11-17-12-16/h1-2,5,8-9,13,17H,3-4,6-7,10-12H2. The Balaban J connectivity index is 1.47. The Hall–Kier alpha value is -1.35. The van der Waals surface area contributed by atoms with Crippen LogP contribution in [0.25, 0.3) is 11.0 Å². The van der Waals surface area contributed by atoms with Gasteiger partial charge in [-0.05, 0) is 55.2 Å². The fraction of sp³-hybridized carbons (Fsp3) is 0.562. The molecule has 0 atom stereocenters. The predicted octanol–water partition coefficient (Wildman–Crippen LogP) is 2.82. The lowest BCUT2D eigenvalue weighted by atomic mass is 9.67. The molecular formula is C16H21N3. The molecule has 0 bridgehead atoms. The van der Waals surface area contributed by atoms with E-state index in [2.05, 4.69) is 33.2 Å². The van der Waals surface area contributed by atoms with Gasteiger partial charge in [0.15, 0.2) is 0 Å². The highest BCUT2D eigenvalue weighted by atomic mass is 15.0. The van der Waals surface area contributed by atoms with Gasteiger partial charge < -0.3 is 9.88 Å². The van der Waals surface area contributed by atoms with E-state index in [0.717, 1.165) is 18.1 Å². The molecule has 0 unspecified atom stereocenters. The molecule has 100 valence electrons. The van der Waals surface area contributed by atoms with Gasteiger partial charge in [0.25, 0.3) is 0 Å². The molecule has 4 rings (SSSR count). The summed E-state index contributed by atoms with van der Waals surface area (Å²) < 4.78 is 2.34. The van der Waals surface area contributed by atoms with Gasteiger partial charge in [0.05, 0.1) is 0 Å². The third kappa shape index (κ3) is 1.96. The average Bonchev–Trinajstić information content (AvgIpc) is 2.82. The number of rotatable bonds is 2. The molecule has 2 aromatic rings. The number of nitrogens with zero attached hydrogens (tertiary/aromatic N) is 2. The smallest absolute Gasteiger partial charge is 0.139 e. The van der Waals surface area contributed by atoms with E-state index in [1.807, 2.05) is 12.3 Å². The lowest BCUT2D eigenvalue weighted by Crippen LogP contribution is -2.54. The lowest BCUT2D eigenvalue weighted by molar-refractivity contribution is 0.0774. The van der Waals surface area contributed by atoms with Crippen molar-refractivity contribution < 1.29 is 0 Å². The van der Waals surface area contributed by atoms with Crippen LogP contribution in [0.3, 0.4) is 0 Å². The van der Waals surface area contributed by atoms with Crippen LogP contribution in [-0.2, 0) is 6.54 Å². The highest BCUT2D eigenvalue weighted by Gasteiger charge is 2.39. The minimum absolute atomic E-state index is 0.674. The highest BCUT2D eigenvalue weighted by molar-refractivity contribution is 5.75. The average molecular weight is 255 g/mol. The van der Waals surface area contributed by atoms with E-state index >= 15 is 0 Å². The second-order valence-corrected chi connectivity index (χ2v) is 6.43. The summed E-state index contributed by atoms with van der Waals surface area (Å²) in [4.78, 5) is 4.52. The third-order valence-corrected chi connectivity index (χ3v) is 5.14. The van der Waals surface area contributed by atoms with Crippen molar-refractivity contribution in [2.45, 2.75) is 32.2 Å². The minimum Gasteiger partial charge on any atom is -0.332 e. The summed E-state index contributed by atoms with van der Waals surface area (Å²) in [5, 5.41) is 4.70. The lowest BCUT2D eigenvalue weighted by Gasteiger charge is -2.47. The predicted molar refractivity (Wildman–Crippen MR) is 77.0 cm³/mol. The molecule has 1 saturated heterocycles. The van der Waals surface area contributed by atoms with Crippen molar-refractivity contribution in [3.8, 4) is 0 Å². The Bertz CT molecular complexity index is 572. The van der Waals surface area contributed by atoms with Crippen LogP contribution in [0, 0.1) is 11.3 Å².